The van der Waals surface area contributed by atoms with Crippen molar-refractivity contribution >= 4 is 28.9 Å². The lowest BCUT2D eigenvalue weighted by molar-refractivity contribution is -0.384. The van der Waals surface area contributed by atoms with Gasteiger partial charge in [0.2, 0.25) is 5.91 Å². The monoisotopic (exact) mass is 386 g/mol. The van der Waals surface area contributed by atoms with Gasteiger partial charge >= 0.3 is 0 Å². The minimum Gasteiger partial charge on any atom is -0.383 e. The van der Waals surface area contributed by atoms with E-state index in [1.807, 2.05) is 0 Å². The number of ether oxygens (including phenoxy) is 1. The van der Waals surface area contributed by atoms with Crippen molar-refractivity contribution in [1.82, 2.24) is 5.32 Å². The predicted octanol–water partition coefficient (Wildman–Crippen LogP) is 2.54. The van der Waals surface area contributed by atoms with E-state index in [1.54, 1.807) is 24.3 Å². The van der Waals surface area contributed by atoms with E-state index >= 15 is 0 Å². The second kappa shape index (κ2) is 10.0. The summed E-state index contributed by atoms with van der Waals surface area (Å²) >= 11 is 0. The lowest BCUT2D eigenvalue weighted by Crippen LogP contribution is -2.23. The molecule has 0 aliphatic heterocycles. The number of benzene rings is 2. The number of nitrogens with zero attached hydrogens (tertiary/aromatic N) is 1. The van der Waals surface area contributed by atoms with Gasteiger partial charge in [-0.3, -0.25) is 19.7 Å². The first kappa shape index (κ1) is 20.8. The zero-order valence-electron chi connectivity index (χ0n) is 15.7. The van der Waals surface area contributed by atoms with Crippen LogP contribution in [0.2, 0.25) is 0 Å². The molecule has 0 heterocycles. The van der Waals surface area contributed by atoms with Gasteiger partial charge in [-0.15, -0.1) is 0 Å². The number of amides is 2. The van der Waals surface area contributed by atoms with Gasteiger partial charge in [0.05, 0.1) is 11.5 Å². The van der Waals surface area contributed by atoms with Crippen molar-refractivity contribution in [3.05, 3.63) is 63.7 Å². The van der Waals surface area contributed by atoms with E-state index < -0.39 is 10.8 Å². The topological polar surface area (TPSA) is 123 Å². The van der Waals surface area contributed by atoms with Crippen molar-refractivity contribution in [3.8, 4) is 0 Å². The van der Waals surface area contributed by atoms with Crippen LogP contribution >= 0.6 is 0 Å². The number of rotatable bonds is 9. The van der Waals surface area contributed by atoms with E-state index in [4.69, 9.17) is 4.74 Å². The maximum atomic E-state index is 12.3. The number of nitro groups is 1. The molecule has 0 fully saturated rings. The van der Waals surface area contributed by atoms with Crippen LogP contribution < -0.4 is 16.0 Å². The van der Waals surface area contributed by atoms with Crippen molar-refractivity contribution in [2.24, 2.45) is 0 Å². The van der Waals surface area contributed by atoms with Gasteiger partial charge in [0.1, 0.15) is 5.69 Å². The Bertz CT molecular complexity index is 852. The number of carbonyl (C=O) groups is 2. The molecule has 0 aliphatic rings. The fourth-order valence-corrected chi connectivity index (χ4v) is 2.45. The summed E-state index contributed by atoms with van der Waals surface area (Å²) in [6.07, 6.45) is 0. The highest BCUT2D eigenvalue weighted by Crippen LogP contribution is 2.25. The van der Waals surface area contributed by atoms with E-state index in [9.17, 15) is 19.7 Å². The summed E-state index contributed by atoms with van der Waals surface area (Å²) in [5.41, 5.74) is 1.83. The average molecular weight is 386 g/mol. The van der Waals surface area contributed by atoms with Gasteiger partial charge in [-0.05, 0) is 29.8 Å². The summed E-state index contributed by atoms with van der Waals surface area (Å²) in [5.74, 6) is -0.583. The Morgan fingerprint density at radius 1 is 1.14 bits per heavy atom. The SMILES string of the molecule is COCCNc1ccc(C(=O)NCc2ccc(NC(C)=O)cc2)cc1[N+](=O)[O-]. The number of hydrogen-bond donors (Lipinski definition) is 3. The summed E-state index contributed by atoms with van der Waals surface area (Å²) in [5, 5.41) is 19.6. The maximum absolute atomic E-state index is 12.3. The highest BCUT2D eigenvalue weighted by Gasteiger charge is 2.17. The molecule has 2 rings (SSSR count). The summed E-state index contributed by atoms with van der Waals surface area (Å²) < 4.78 is 4.91. The average Bonchev–Trinajstić information content (AvgIpc) is 2.67. The van der Waals surface area contributed by atoms with Gasteiger partial charge < -0.3 is 20.7 Å². The van der Waals surface area contributed by atoms with Crippen LogP contribution in [0.5, 0.6) is 0 Å². The van der Waals surface area contributed by atoms with Crippen molar-refractivity contribution in [1.29, 1.82) is 0 Å². The zero-order chi connectivity index (χ0) is 20.5. The molecule has 0 atom stereocenters. The molecule has 0 unspecified atom stereocenters. The fraction of sp³-hybridized carbons (Fsp3) is 0.263. The fourth-order valence-electron chi connectivity index (χ4n) is 2.45. The van der Waals surface area contributed by atoms with Crippen LogP contribution in [0.4, 0.5) is 17.1 Å². The third-order valence-corrected chi connectivity index (χ3v) is 3.81. The van der Waals surface area contributed by atoms with E-state index in [-0.39, 0.29) is 23.7 Å². The van der Waals surface area contributed by atoms with Gasteiger partial charge in [0.25, 0.3) is 11.6 Å². The number of nitro benzene ring substituents is 1. The molecule has 0 spiro atoms. The first-order valence-electron chi connectivity index (χ1n) is 8.56. The molecule has 0 radical (unpaired) electrons. The first-order valence-corrected chi connectivity index (χ1v) is 8.56. The third kappa shape index (κ3) is 6.06. The lowest BCUT2D eigenvalue weighted by Gasteiger charge is -2.09. The summed E-state index contributed by atoms with van der Waals surface area (Å²) in [6, 6.07) is 11.3. The summed E-state index contributed by atoms with van der Waals surface area (Å²) in [7, 11) is 1.54. The molecule has 148 valence electrons. The van der Waals surface area contributed by atoms with Crippen LogP contribution in [0.25, 0.3) is 0 Å². The van der Waals surface area contributed by atoms with Gasteiger partial charge in [0.15, 0.2) is 0 Å². The number of nitrogens with one attached hydrogen (secondary N) is 3. The normalized spacial score (nSPS) is 10.2. The van der Waals surface area contributed by atoms with Crippen LogP contribution in [0, 0.1) is 10.1 Å². The van der Waals surface area contributed by atoms with Crippen LogP contribution in [-0.4, -0.2) is 37.0 Å². The van der Waals surface area contributed by atoms with Crippen LogP contribution in [0.15, 0.2) is 42.5 Å². The van der Waals surface area contributed by atoms with Crippen molar-refractivity contribution in [2.45, 2.75) is 13.5 Å². The largest absolute Gasteiger partial charge is 0.383 e. The number of methoxy groups -OCH3 is 1. The predicted molar refractivity (Wildman–Crippen MR) is 105 cm³/mol. The van der Waals surface area contributed by atoms with Crippen LogP contribution in [0.1, 0.15) is 22.8 Å². The molecular formula is C19H22N4O5. The molecule has 0 bridgehead atoms. The quantitative estimate of drug-likeness (QED) is 0.346. The van der Waals surface area contributed by atoms with E-state index in [1.165, 1.54) is 32.2 Å². The summed E-state index contributed by atoms with van der Waals surface area (Å²) in [4.78, 5) is 34.1. The molecule has 0 saturated heterocycles. The van der Waals surface area contributed by atoms with Gasteiger partial charge in [-0.2, -0.15) is 0 Å². The third-order valence-electron chi connectivity index (χ3n) is 3.81. The smallest absolute Gasteiger partial charge is 0.293 e. The zero-order valence-corrected chi connectivity index (χ0v) is 15.7. The second-order valence-electron chi connectivity index (χ2n) is 5.97. The van der Waals surface area contributed by atoms with Gasteiger partial charge in [-0.1, -0.05) is 12.1 Å². The molecule has 0 aliphatic carbocycles. The molecular weight excluding hydrogens is 364 g/mol. The Morgan fingerprint density at radius 2 is 1.86 bits per heavy atom. The molecule has 2 amide bonds. The van der Waals surface area contributed by atoms with Crippen LogP contribution in [-0.2, 0) is 16.1 Å². The van der Waals surface area contributed by atoms with Crippen molar-refractivity contribution < 1.29 is 19.2 Å². The maximum Gasteiger partial charge on any atom is 0.293 e. The molecule has 3 N–H and O–H groups in total. The Kier molecular flexibility index (Phi) is 7.46. The lowest BCUT2D eigenvalue weighted by atomic mass is 10.1. The number of anilines is 2. The molecule has 9 heteroatoms. The minimum atomic E-state index is -0.535. The van der Waals surface area contributed by atoms with Crippen molar-refractivity contribution in [3.63, 3.8) is 0 Å². The first-order chi connectivity index (χ1) is 13.4. The Labute approximate surface area is 162 Å². The number of hydrogen-bond acceptors (Lipinski definition) is 6. The summed E-state index contributed by atoms with van der Waals surface area (Å²) in [6.45, 7) is 2.49. The molecule has 2 aromatic rings. The highest BCUT2D eigenvalue weighted by molar-refractivity contribution is 5.95. The van der Waals surface area contributed by atoms with Gasteiger partial charge in [-0.25, -0.2) is 0 Å². The second-order valence-corrected chi connectivity index (χ2v) is 5.97. The molecule has 2 aromatic carbocycles. The van der Waals surface area contributed by atoms with Crippen molar-refractivity contribution in [2.75, 3.05) is 30.9 Å². The molecule has 0 saturated carbocycles. The van der Waals surface area contributed by atoms with Gasteiger partial charge in [0, 0.05) is 44.4 Å². The Balaban J connectivity index is 2.02. The van der Waals surface area contributed by atoms with E-state index in [0.717, 1.165) is 5.56 Å². The van der Waals surface area contributed by atoms with E-state index in [2.05, 4.69) is 16.0 Å². The van der Waals surface area contributed by atoms with Crippen LogP contribution in [0.3, 0.4) is 0 Å². The Hall–Kier alpha value is -3.46. The minimum absolute atomic E-state index is 0.164. The van der Waals surface area contributed by atoms with E-state index in [0.29, 0.717) is 24.5 Å². The molecule has 0 aromatic heterocycles. The molecule has 9 nitrogen and oxygen atoms in total. The highest BCUT2D eigenvalue weighted by atomic mass is 16.6. The standard InChI is InChI=1S/C19H22N4O5/c1-13(24)22-16-6-3-14(4-7-16)12-21-19(25)15-5-8-17(20-9-10-28-2)18(11-15)23(26)27/h3-8,11,20H,9-10,12H2,1-2H3,(H,21,25)(H,22,24). The molecule has 28 heavy (non-hydrogen) atoms. The number of carbonyl (C=O) groups excluding carboxylic acids is 2. The Morgan fingerprint density at radius 3 is 2.46 bits per heavy atom.